The molecule has 3 nitrogen and oxygen atoms in total. The Labute approximate surface area is 161 Å². The fourth-order valence-corrected chi connectivity index (χ4v) is 6.49. The second-order valence-corrected chi connectivity index (χ2v) is 8.80. The highest BCUT2D eigenvalue weighted by atomic mass is 31.1. The minimum Gasteiger partial charge on any atom is -0.464 e. The van der Waals surface area contributed by atoms with Gasteiger partial charge in [0.2, 0.25) is 0 Å². The average Bonchev–Trinajstić information content (AvgIpc) is 3.48. The van der Waals surface area contributed by atoms with Crippen LogP contribution in [0.25, 0.3) is 32.9 Å². The van der Waals surface area contributed by atoms with Crippen LogP contribution < -0.4 is 15.9 Å². The summed E-state index contributed by atoms with van der Waals surface area (Å²) in [6, 6.07) is 25.0. The van der Waals surface area contributed by atoms with E-state index in [0.29, 0.717) is 0 Å². The number of hydrogen-bond donors (Lipinski definition) is 0. The number of fused-ring (bicyclic) bond motifs is 3. The maximum absolute atomic E-state index is 5.92. The van der Waals surface area contributed by atoms with Crippen LogP contribution >= 0.6 is 7.92 Å². The van der Waals surface area contributed by atoms with Gasteiger partial charge in [0.15, 0.2) is 0 Å². The van der Waals surface area contributed by atoms with Crippen molar-refractivity contribution in [2.45, 2.75) is 0 Å². The first-order valence-corrected chi connectivity index (χ1v) is 10.4. The molecule has 0 fully saturated rings. The highest BCUT2D eigenvalue weighted by molar-refractivity contribution is 7.81. The van der Waals surface area contributed by atoms with Crippen molar-refractivity contribution < 1.29 is 13.3 Å². The standard InChI is InChI=1S/C24H15O3P/c1-4-16-10-13-25-22(16)19(7-1)28(20-8-2-5-17-11-14-26-23(17)20)21-9-3-6-18-12-15-27-24(18)21/h1-15H. The Bertz CT molecular complexity index is 1260. The van der Waals surface area contributed by atoms with Crippen molar-refractivity contribution in [1.29, 1.82) is 0 Å². The summed E-state index contributed by atoms with van der Waals surface area (Å²) in [5.74, 6) is 0. The zero-order chi connectivity index (χ0) is 18.5. The molecule has 0 bridgehead atoms. The van der Waals surface area contributed by atoms with Gasteiger partial charge in [-0.3, -0.25) is 0 Å². The summed E-state index contributed by atoms with van der Waals surface area (Å²) < 4.78 is 17.7. The molecule has 0 aliphatic heterocycles. The van der Waals surface area contributed by atoms with E-state index in [1.807, 2.05) is 18.2 Å². The first-order valence-electron chi connectivity index (χ1n) is 9.09. The molecule has 0 aliphatic rings. The average molecular weight is 382 g/mol. The Morgan fingerprint density at radius 1 is 0.429 bits per heavy atom. The van der Waals surface area contributed by atoms with Crippen molar-refractivity contribution in [2.75, 3.05) is 0 Å². The quantitative estimate of drug-likeness (QED) is 0.370. The van der Waals surface area contributed by atoms with Crippen LogP contribution in [0.2, 0.25) is 0 Å². The lowest BCUT2D eigenvalue weighted by Gasteiger charge is -2.20. The van der Waals surface area contributed by atoms with E-state index in [4.69, 9.17) is 13.3 Å². The molecule has 3 aromatic heterocycles. The van der Waals surface area contributed by atoms with E-state index in [1.165, 1.54) is 0 Å². The van der Waals surface area contributed by atoms with Gasteiger partial charge in [-0.1, -0.05) is 54.6 Å². The number of rotatable bonds is 3. The lowest BCUT2D eigenvalue weighted by atomic mass is 10.2. The molecule has 0 spiro atoms. The molecule has 6 aromatic rings. The first-order chi connectivity index (χ1) is 13.9. The molecule has 0 atom stereocenters. The van der Waals surface area contributed by atoms with E-state index in [1.54, 1.807) is 18.8 Å². The summed E-state index contributed by atoms with van der Waals surface area (Å²) in [6.45, 7) is 0. The van der Waals surface area contributed by atoms with Gasteiger partial charge in [0, 0.05) is 32.1 Å². The van der Waals surface area contributed by atoms with Crippen molar-refractivity contribution in [3.63, 3.8) is 0 Å². The monoisotopic (exact) mass is 382 g/mol. The van der Waals surface area contributed by atoms with E-state index in [-0.39, 0.29) is 0 Å². The van der Waals surface area contributed by atoms with Gasteiger partial charge in [-0.2, -0.15) is 0 Å². The van der Waals surface area contributed by atoms with Gasteiger partial charge >= 0.3 is 0 Å². The molecular formula is C24H15O3P. The van der Waals surface area contributed by atoms with Crippen molar-refractivity contribution in [2.24, 2.45) is 0 Å². The minimum atomic E-state index is -0.949. The molecule has 0 N–H and O–H groups in total. The van der Waals surface area contributed by atoms with E-state index in [9.17, 15) is 0 Å². The summed E-state index contributed by atoms with van der Waals surface area (Å²) in [4.78, 5) is 0. The maximum atomic E-state index is 5.92. The largest absolute Gasteiger partial charge is 0.464 e. The highest BCUT2D eigenvalue weighted by Gasteiger charge is 2.26. The third kappa shape index (κ3) is 2.27. The van der Waals surface area contributed by atoms with Gasteiger partial charge in [0.1, 0.15) is 16.7 Å². The Morgan fingerprint density at radius 2 is 0.786 bits per heavy atom. The van der Waals surface area contributed by atoms with E-state index >= 15 is 0 Å². The van der Waals surface area contributed by atoms with Gasteiger partial charge in [0.25, 0.3) is 0 Å². The molecule has 3 aromatic carbocycles. The smallest absolute Gasteiger partial charge is 0.142 e. The second-order valence-electron chi connectivity index (χ2n) is 6.68. The van der Waals surface area contributed by atoms with Crippen molar-refractivity contribution >= 4 is 56.7 Å². The molecule has 6 rings (SSSR count). The Balaban J connectivity index is 1.74. The van der Waals surface area contributed by atoms with E-state index in [0.717, 1.165) is 48.8 Å². The molecule has 0 saturated heterocycles. The summed E-state index contributed by atoms with van der Waals surface area (Å²) in [6.07, 6.45) is 5.26. The molecule has 28 heavy (non-hydrogen) atoms. The number of para-hydroxylation sites is 3. The van der Waals surface area contributed by atoms with Crippen LogP contribution in [0.1, 0.15) is 0 Å². The molecule has 4 heteroatoms. The third-order valence-electron chi connectivity index (χ3n) is 5.10. The number of benzene rings is 3. The minimum absolute atomic E-state index is 0.917. The molecule has 0 radical (unpaired) electrons. The Morgan fingerprint density at radius 3 is 1.14 bits per heavy atom. The lowest BCUT2D eigenvalue weighted by molar-refractivity contribution is 0.617. The maximum Gasteiger partial charge on any atom is 0.142 e. The van der Waals surface area contributed by atoms with Gasteiger partial charge in [-0.05, 0) is 26.1 Å². The highest BCUT2D eigenvalue weighted by Crippen LogP contribution is 2.40. The molecule has 0 saturated carbocycles. The topological polar surface area (TPSA) is 39.4 Å². The van der Waals surface area contributed by atoms with Crippen LogP contribution in [0, 0.1) is 0 Å². The van der Waals surface area contributed by atoms with Crippen LogP contribution in [-0.4, -0.2) is 0 Å². The third-order valence-corrected chi connectivity index (χ3v) is 7.60. The zero-order valence-electron chi connectivity index (χ0n) is 14.8. The molecule has 134 valence electrons. The zero-order valence-corrected chi connectivity index (χ0v) is 15.7. The van der Waals surface area contributed by atoms with Crippen LogP contribution in [0.5, 0.6) is 0 Å². The fourth-order valence-electron chi connectivity index (χ4n) is 3.85. The van der Waals surface area contributed by atoms with Crippen LogP contribution in [0.3, 0.4) is 0 Å². The predicted molar refractivity (Wildman–Crippen MR) is 114 cm³/mol. The Kier molecular flexibility index (Phi) is 3.44. The van der Waals surface area contributed by atoms with Gasteiger partial charge in [-0.15, -0.1) is 0 Å². The summed E-state index contributed by atoms with van der Waals surface area (Å²) in [5, 5.41) is 6.77. The fraction of sp³-hybridized carbons (Fsp3) is 0. The SMILES string of the molecule is c1cc(P(c2cccc3ccoc23)c2cccc3ccoc23)c2occc2c1. The van der Waals surface area contributed by atoms with Crippen molar-refractivity contribution in [3.8, 4) is 0 Å². The molecule has 0 amide bonds. The van der Waals surface area contributed by atoms with E-state index < -0.39 is 7.92 Å². The summed E-state index contributed by atoms with van der Waals surface area (Å²) in [7, 11) is -0.949. The van der Waals surface area contributed by atoms with Gasteiger partial charge < -0.3 is 13.3 Å². The first kappa shape index (κ1) is 15.7. The number of furan rings is 3. The predicted octanol–water partition coefficient (Wildman–Crippen LogP) is 5.68. The second kappa shape index (κ2) is 6.12. The van der Waals surface area contributed by atoms with Crippen LogP contribution in [0.15, 0.2) is 105 Å². The van der Waals surface area contributed by atoms with Crippen molar-refractivity contribution in [3.05, 3.63) is 91.6 Å². The van der Waals surface area contributed by atoms with Gasteiger partial charge in [-0.25, -0.2) is 0 Å². The normalized spacial score (nSPS) is 11.9. The molecular weight excluding hydrogens is 367 g/mol. The summed E-state index contributed by atoms with van der Waals surface area (Å²) >= 11 is 0. The van der Waals surface area contributed by atoms with Crippen molar-refractivity contribution in [1.82, 2.24) is 0 Å². The number of hydrogen-bond acceptors (Lipinski definition) is 3. The lowest BCUT2D eigenvalue weighted by Crippen LogP contribution is -2.22. The summed E-state index contributed by atoms with van der Waals surface area (Å²) in [5.41, 5.74) is 2.75. The van der Waals surface area contributed by atoms with Crippen LogP contribution in [-0.2, 0) is 0 Å². The Hall–Kier alpha value is -3.29. The van der Waals surface area contributed by atoms with Gasteiger partial charge in [0.05, 0.1) is 18.8 Å². The molecule has 0 unspecified atom stereocenters. The molecule has 3 heterocycles. The van der Waals surface area contributed by atoms with E-state index in [2.05, 4.69) is 54.6 Å². The van der Waals surface area contributed by atoms with Crippen LogP contribution in [0.4, 0.5) is 0 Å². The molecule has 0 aliphatic carbocycles.